The summed E-state index contributed by atoms with van der Waals surface area (Å²) in [6, 6.07) is 19.8. The number of aromatic nitrogens is 1. The van der Waals surface area contributed by atoms with Gasteiger partial charge in [-0.15, -0.1) is 0 Å². The Morgan fingerprint density at radius 2 is 1.74 bits per heavy atom. The highest BCUT2D eigenvalue weighted by Gasteiger charge is 2.34. The van der Waals surface area contributed by atoms with Gasteiger partial charge in [-0.05, 0) is 48.4 Å². The molecule has 2 heterocycles. The fourth-order valence-corrected chi connectivity index (χ4v) is 6.85. The largest absolute Gasteiger partial charge is 0.394 e. The number of fused-ring (bicyclic) bond motifs is 5. The number of hydrogen-bond acceptors (Lipinski definition) is 5. The Bertz CT molecular complexity index is 1700. The number of amides is 1. The number of ether oxygens (including phenoxy) is 1. The molecule has 0 aliphatic carbocycles. The van der Waals surface area contributed by atoms with E-state index in [0.29, 0.717) is 5.69 Å². The predicted octanol–water partition coefficient (Wildman–Crippen LogP) is 4.66. The van der Waals surface area contributed by atoms with E-state index in [-0.39, 0.29) is 43.0 Å². The van der Waals surface area contributed by atoms with Gasteiger partial charge in [-0.25, -0.2) is 12.8 Å². The Morgan fingerprint density at radius 1 is 1.07 bits per heavy atom. The van der Waals surface area contributed by atoms with Gasteiger partial charge in [0.05, 0.1) is 30.3 Å². The molecule has 42 heavy (non-hydrogen) atoms. The van der Waals surface area contributed by atoms with Gasteiger partial charge < -0.3 is 19.3 Å². The molecule has 4 aromatic rings. The molecule has 1 N–H and O–H groups in total. The van der Waals surface area contributed by atoms with E-state index < -0.39 is 28.0 Å². The van der Waals surface area contributed by atoms with Gasteiger partial charge in [0.2, 0.25) is 10.0 Å². The predicted molar refractivity (Wildman–Crippen MR) is 160 cm³/mol. The molecule has 1 aliphatic rings. The maximum Gasteiger partial charge on any atom is 0.271 e. The zero-order chi connectivity index (χ0) is 30.2. The smallest absolute Gasteiger partial charge is 0.271 e. The maximum absolute atomic E-state index is 14.4. The quantitative estimate of drug-likeness (QED) is 0.351. The van der Waals surface area contributed by atoms with E-state index in [4.69, 9.17) is 4.74 Å². The first kappa shape index (κ1) is 29.9. The van der Waals surface area contributed by atoms with Crippen molar-refractivity contribution in [1.82, 2.24) is 13.8 Å². The van der Waals surface area contributed by atoms with Crippen LogP contribution in [0.4, 0.5) is 4.39 Å². The number of carbonyl (C=O) groups excluding carboxylic acids is 1. The van der Waals surface area contributed by atoms with E-state index in [9.17, 15) is 22.7 Å². The van der Waals surface area contributed by atoms with E-state index in [1.807, 2.05) is 67.1 Å². The second-order valence-corrected chi connectivity index (χ2v) is 13.1. The molecule has 0 spiro atoms. The number of aryl methyl sites for hydroxylation is 1. The first-order valence-electron chi connectivity index (χ1n) is 14.0. The van der Waals surface area contributed by atoms with E-state index in [2.05, 4.69) is 0 Å². The van der Waals surface area contributed by atoms with Gasteiger partial charge in [0.1, 0.15) is 11.5 Å². The molecule has 0 saturated heterocycles. The highest BCUT2D eigenvalue weighted by atomic mass is 32.2. The molecular formula is C32H36FN3O5S. The summed E-state index contributed by atoms with van der Waals surface area (Å²) in [7, 11) is -0.587. The third-order valence-corrected chi connectivity index (χ3v) is 10.0. The SMILES string of the molecule is C[C@@H]1CN([C@H](C)CO)C(=O)c2c(c3ccccc3n2C)-c2ccccc2CO[C@@H]1CN(C)S(=O)(=O)c1ccc(F)cc1. The van der Waals surface area contributed by atoms with Crippen LogP contribution < -0.4 is 0 Å². The van der Waals surface area contributed by atoms with Gasteiger partial charge in [-0.2, -0.15) is 4.31 Å². The minimum Gasteiger partial charge on any atom is -0.394 e. The number of carbonyl (C=O) groups is 1. The second kappa shape index (κ2) is 12.0. The topological polar surface area (TPSA) is 92.1 Å². The van der Waals surface area contributed by atoms with Crippen molar-refractivity contribution in [2.75, 3.05) is 26.7 Å². The lowest BCUT2D eigenvalue weighted by atomic mass is 9.96. The van der Waals surface area contributed by atoms with E-state index in [1.165, 1.54) is 23.5 Å². The van der Waals surface area contributed by atoms with Gasteiger partial charge in [-0.1, -0.05) is 49.4 Å². The normalized spacial score (nSPS) is 18.9. The minimum absolute atomic E-state index is 0.00839. The van der Waals surface area contributed by atoms with Gasteiger partial charge in [-0.3, -0.25) is 4.79 Å². The molecule has 8 nitrogen and oxygen atoms in total. The van der Waals surface area contributed by atoms with Crippen LogP contribution in [-0.2, 0) is 28.4 Å². The summed E-state index contributed by atoms with van der Waals surface area (Å²) >= 11 is 0. The van der Waals surface area contributed by atoms with Crippen LogP contribution in [0.2, 0.25) is 0 Å². The number of aliphatic hydroxyl groups is 1. The monoisotopic (exact) mass is 593 g/mol. The molecule has 0 unspecified atom stereocenters. The van der Waals surface area contributed by atoms with Gasteiger partial charge in [0.15, 0.2) is 0 Å². The summed E-state index contributed by atoms with van der Waals surface area (Å²) < 4.78 is 49.8. The fraction of sp³-hybridized carbons (Fsp3) is 0.344. The molecule has 0 fully saturated rings. The second-order valence-electron chi connectivity index (χ2n) is 11.0. The number of hydrogen-bond donors (Lipinski definition) is 1. The molecule has 1 amide bonds. The van der Waals surface area contributed by atoms with Crippen LogP contribution in [0.5, 0.6) is 0 Å². The van der Waals surface area contributed by atoms with Crippen LogP contribution in [0.15, 0.2) is 77.7 Å². The molecule has 0 radical (unpaired) electrons. The highest BCUT2D eigenvalue weighted by Crippen LogP contribution is 2.38. The Kier molecular flexibility index (Phi) is 8.52. The van der Waals surface area contributed by atoms with Crippen LogP contribution >= 0.6 is 0 Å². The number of benzene rings is 3. The third kappa shape index (κ3) is 5.47. The first-order valence-corrected chi connectivity index (χ1v) is 15.4. The zero-order valence-corrected chi connectivity index (χ0v) is 25.0. The van der Waals surface area contributed by atoms with Crippen molar-refractivity contribution < 1.29 is 27.4 Å². The summed E-state index contributed by atoms with van der Waals surface area (Å²) in [4.78, 5) is 16.1. The molecule has 0 saturated carbocycles. The van der Waals surface area contributed by atoms with Crippen molar-refractivity contribution in [1.29, 1.82) is 0 Å². The Morgan fingerprint density at radius 3 is 2.45 bits per heavy atom. The van der Waals surface area contributed by atoms with Crippen molar-refractivity contribution in [3.63, 3.8) is 0 Å². The van der Waals surface area contributed by atoms with Gasteiger partial charge >= 0.3 is 0 Å². The lowest BCUT2D eigenvalue weighted by Gasteiger charge is -2.35. The molecule has 1 aliphatic heterocycles. The molecule has 10 heteroatoms. The number of nitrogens with zero attached hydrogens (tertiary/aromatic N) is 3. The van der Waals surface area contributed by atoms with Crippen LogP contribution in [-0.4, -0.2) is 72.1 Å². The average Bonchev–Trinajstić information content (AvgIpc) is 3.28. The molecule has 1 aromatic heterocycles. The van der Waals surface area contributed by atoms with Crippen LogP contribution in [0.1, 0.15) is 29.9 Å². The maximum atomic E-state index is 14.4. The number of para-hydroxylation sites is 1. The number of halogens is 1. The van der Waals surface area contributed by atoms with Crippen LogP contribution in [0.3, 0.4) is 0 Å². The third-order valence-electron chi connectivity index (χ3n) is 8.18. The molecule has 3 aromatic carbocycles. The van der Waals surface area contributed by atoms with Crippen molar-refractivity contribution >= 4 is 26.8 Å². The van der Waals surface area contributed by atoms with Gasteiger partial charge in [0, 0.05) is 49.6 Å². The Labute approximate surface area is 246 Å². The van der Waals surface area contributed by atoms with Crippen molar-refractivity contribution in [2.45, 2.75) is 37.5 Å². The first-order chi connectivity index (χ1) is 20.0. The van der Waals surface area contributed by atoms with Crippen LogP contribution in [0, 0.1) is 11.7 Å². The standard InChI is InChI=1S/C32H36FN3O5S/c1-21-17-36(22(2)19-37)32(38)31-30(27-11-7-8-12-28(27)35(31)4)26-10-6-5-9-23(26)20-41-29(21)18-34(3)42(39,40)25-15-13-24(33)14-16-25/h5-16,21-22,29,37H,17-20H2,1-4H3/t21-,22-,29-/m1/s1. The zero-order valence-electron chi connectivity index (χ0n) is 24.2. The number of sulfonamides is 1. The number of likely N-dealkylation sites (N-methyl/N-ethyl adjacent to an activating group) is 1. The van der Waals surface area contributed by atoms with E-state index in [1.54, 1.807) is 11.8 Å². The van der Waals surface area contributed by atoms with Crippen molar-refractivity contribution in [3.05, 3.63) is 89.9 Å². The fourth-order valence-electron chi connectivity index (χ4n) is 5.66. The summed E-state index contributed by atoms with van der Waals surface area (Å²) in [5, 5.41) is 11.1. The Hall–Kier alpha value is -3.57. The summed E-state index contributed by atoms with van der Waals surface area (Å²) in [6.45, 7) is 3.91. The molecule has 3 atom stereocenters. The average molecular weight is 594 g/mol. The summed E-state index contributed by atoms with van der Waals surface area (Å²) in [5.74, 6) is -1.05. The summed E-state index contributed by atoms with van der Waals surface area (Å²) in [6.07, 6.45) is -0.600. The minimum atomic E-state index is -3.93. The lowest BCUT2D eigenvalue weighted by Crippen LogP contribution is -2.48. The van der Waals surface area contributed by atoms with E-state index in [0.717, 1.165) is 39.7 Å². The Balaban J connectivity index is 1.60. The molecule has 5 rings (SSSR count). The highest BCUT2D eigenvalue weighted by molar-refractivity contribution is 7.89. The molecular weight excluding hydrogens is 557 g/mol. The molecule has 0 bridgehead atoms. The molecule has 222 valence electrons. The lowest BCUT2D eigenvalue weighted by molar-refractivity contribution is -0.0147. The number of aliphatic hydroxyl groups excluding tert-OH is 1. The van der Waals surface area contributed by atoms with E-state index >= 15 is 0 Å². The van der Waals surface area contributed by atoms with Crippen molar-refractivity contribution in [3.8, 4) is 11.1 Å². The van der Waals surface area contributed by atoms with Crippen molar-refractivity contribution in [2.24, 2.45) is 13.0 Å². The summed E-state index contributed by atoms with van der Waals surface area (Å²) in [5.41, 5.74) is 3.96. The van der Waals surface area contributed by atoms with Gasteiger partial charge in [0.25, 0.3) is 5.91 Å². The number of rotatable bonds is 6. The van der Waals surface area contributed by atoms with Crippen LogP contribution in [0.25, 0.3) is 22.0 Å².